The molecule has 0 atom stereocenters. The number of alkyl halides is 3. The molecule has 2 N–H and O–H groups in total. The number of hydrogen-bond acceptors (Lipinski definition) is 3. The fourth-order valence-corrected chi connectivity index (χ4v) is 3.83. The third-order valence-electron chi connectivity index (χ3n) is 5.60. The molecule has 30 heavy (non-hydrogen) atoms. The van der Waals surface area contributed by atoms with Gasteiger partial charge in [-0.15, -0.1) is 0 Å². The highest BCUT2D eigenvalue weighted by molar-refractivity contribution is 6.07. The zero-order valence-electron chi connectivity index (χ0n) is 17.2. The van der Waals surface area contributed by atoms with Crippen LogP contribution in [0.3, 0.4) is 0 Å². The van der Waals surface area contributed by atoms with Crippen molar-refractivity contribution in [2.75, 3.05) is 13.1 Å². The van der Waals surface area contributed by atoms with Crippen LogP contribution in [-0.2, 0) is 9.59 Å². The molecule has 2 aliphatic rings. The number of amides is 2. The molecule has 1 fully saturated rings. The van der Waals surface area contributed by atoms with Crippen molar-refractivity contribution < 1.29 is 27.9 Å². The molecule has 0 saturated heterocycles. The zero-order chi connectivity index (χ0) is 22.3. The topological polar surface area (TPSA) is 69.6 Å². The number of rotatable bonds is 8. The Morgan fingerprint density at radius 3 is 2.53 bits per heavy atom. The van der Waals surface area contributed by atoms with Crippen molar-refractivity contribution in [1.29, 1.82) is 0 Å². The summed E-state index contributed by atoms with van der Waals surface area (Å²) in [6.45, 7) is 5.39. The highest BCUT2D eigenvalue weighted by atomic mass is 19.4. The minimum absolute atomic E-state index is 0.0556. The van der Waals surface area contributed by atoms with Gasteiger partial charge in [-0.3, -0.25) is 9.59 Å². The Balaban J connectivity index is 1.83. The largest absolute Gasteiger partial charge is 0.503 e. The number of hydrogen-bond donors (Lipinski definition) is 2. The SMILES string of the molecule is C=C/C=C\C=C(/C)[C@H]1CC[C@@H](NC(=O)C2=C(O)C(=O)N(CCCC(F)(F)F)C2)CC1. The summed E-state index contributed by atoms with van der Waals surface area (Å²) in [5.41, 5.74) is 1.20. The monoisotopic (exact) mass is 426 g/mol. The van der Waals surface area contributed by atoms with Gasteiger partial charge in [0.05, 0.1) is 12.1 Å². The predicted molar refractivity (Wildman–Crippen MR) is 109 cm³/mol. The van der Waals surface area contributed by atoms with E-state index in [1.54, 1.807) is 6.08 Å². The molecular formula is C22H29F3N2O3. The van der Waals surface area contributed by atoms with Crippen molar-refractivity contribution in [3.05, 3.63) is 47.8 Å². The molecule has 0 aromatic rings. The Labute approximate surface area is 175 Å². The normalized spacial score (nSPS) is 23.4. The van der Waals surface area contributed by atoms with Gasteiger partial charge in [0.25, 0.3) is 11.8 Å². The van der Waals surface area contributed by atoms with E-state index in [0.717, 1.165) is 30.6 Å². The van der Waals surface area contributed by atoms with Crippen molar-refractivity contribution >= 4 is 11.8 Å². The second-order valence-corrected chi connectivity index (χ2v) is 7.83. The van der Waals surface area contributed by atoms with E-state index in [4.69, 9.17) is 0 Å². The standard InChI is InChI=1S/C22H29F3N2O3/c1-3-4-5-7-15(2)16-8-10-17(11-9-16)26-20(29)18-14-27(21(30)19(18)28)13-6-12-22(23,24)25/h3-5,7,16-17,28H,1,6,8-14H2,2H3,(H,26,29)/b5-4-,15-7+/t16-,17+. The van der Waals surface area contributed by atoms with Crippen LogP contribution in [0.4, 0.5) is 13.2 Å². The van der Waals surface area contributed by atoms with Gasteiger partial charge < -0.3 is 15.3 Å². The van der Waals surface area contributed by atoms with Gasteiger partial charge in [-0.1, -0.05) is 36.5 Å². The summed E-state index contributed by atoms with van der Waals surface area (Å²) in [5, 5.41) is 12.9. The molecule has 0 aromatic heterocycles. The van der Waals surface area contributed by atoms with E-state index in [1.807, 2.05) is 12.2 Å². The van der Waals surface area contributed by atoms with E-state index < -0.39 is 30.2 Å². The molecule has 2 amide bonds. The summed E-state index contributed by atoms with van der Waals surface area (Å²) in [4.78, 5) is 25.6. The molecule has 0 unspecified atom stereocenters. The first-order valence-corrected chi connectivity index (χ1v) is 10.2. The molecule has 0 spiro atoms. The van der Waals surface area contributed by atoms with Gasteiger partial charge in [0.1, 0.15) is 0 Å². The lowest BCUT2D eigenvalue weighted by molar-refractivity contribution is -0.139. The lowest BCUT2D eigenvalue weighted by Crippen LogP contribution is -2.39. The molecule has 2 rings (SSSR count). The third-order valence-corrected chi connectivity index (χ3v) is 5.60. The van der Waals surface area contributed by atoms with Crippen molar-refractivity contribution in [1.82, 2.24) is 10.2 Å². The molecule has 1 aliphatic carbocycles. The van der Waals surface area contributed by atoms with E-state index in [0.29, 0.717) is 5.92 Å². The van der Waals surface area contributed by atoms with Crippen LogP contribution in [0.25, 0.3) is 0 Å². The molecular weight excluding hydrogens is 397 g/mol. The summed E-state index contributed by atoms with van der Waals surface area (Å²) >= 11 is 0. The van der Waals surface area contributed by atoms with E-state index >= 15 is 0 Å². The molecule has 0 bridgehead atoms. The van der Waals surface area contributed by atoms with Gasteiger partial charge in [0, 0.05) is 19.0 Å². The minimum atomic E-state index is -4.30. The quantitative estimate of drug-likeness (QED) is 0.567. The highest BCUT2D eigenvalue weighted by Crippen LogP contribution is 2.30. The van der Waals surface area contributed by atoms with Crippen LogP contribution in [-0.4, -0.2) is 47.1 Å². The fourth-order valence-electron chi connectivity index (χ4n) is 3.83. The minimum Gasteiger partial charge on any atom is -0.503 e. The molecule has 1 heterocycles. The number of carbonyl (C=O) groups excluding carboxylic acids is 2. The van der Waals surface area contributed by atoms with Crippen LogP contribution < -0.4 is 5.32 Å². The predicted octanol–water partition coefficient (Wildman–Crippen LogP) is 4.35. The van der Waals surface area contributed by atoms with Gasteiger partial charge in [-0.2, -0.15) is 13.2 Å². The van der Waals surface area contributed by atoms with Gasteiger partial charge in [0.15, 0.2) is 5.76 Å². The van der Waals surface area contributed by atoms with Crippen LogP contribution in [0.15, 0.2) is 47.8 Å². The number of nitrogens with one attached hydrogen (secondary N) is 1. The molecule has 166 valence electrons. The number of aliphatic hydroxyl groups is 1. The fraction of sp³-hybridized carbons (Fsp3) is 0.545. The second kappa shape index (κ2) is 10.5. The lowest BCUT2D eigenvalue weighted by Gasteiger charge is -2.29. The summed E-state index contributed by atoms with van der Waals surface area (Å²) in [5.74, 6) is -1.54. The van der Waals surface area contributed by atoms with Crippen LogP contribution in [0.5, 0.6) is 0 Å². The van der Waals surface area contributed by atoms with E-state index in [1.165, 1.54) is 5.57 Å². The van der Waals surface area contributed by atoms with Gasteiger partial charge >= 0.3 is 6.18 Å². The Bertz CT molecular complexity index is 745. The maximum atomic E-state index is 12.5. The number of aliphatic hydroxyl groups excluding tert-OH is 1. The molecule has 0 radical (unpaired) electrons. The number of allylic oxidation sites excluding steroid dienone is 5. The smallest absolute Gasteiger partial charge is 0.389 e. The maximum absolute atomic E-state index is 12.5. The lowest BCUT2D eigenvalue weighted by atomic mass is 9.81. The van der Waals surface area contributed by atoms with Crippen LogP contribution in [0.1, 0.15) is 45.4 Å². The number of nitrogens with zero attached hydrogens (tertiary/aromatic N) is 1. The average Bonchev–Trinajstić information content (AvgIpc) is 2.96. The number of halogens is 3. The first-order chi connectivity index (χ1) is 14.1. The summed E-state index contributed by atoms with van der Waals surface area (Å²) < 4.78 is 36.9. The van der Waals surface area contributed by atoms with Gasteiger partial charge in [0.2, 0.25) is 0 Å². The first kappa shape index (κ1) is 23.8. The zero-order valence-corrected chi connectivity index (χ0v) is 17.2. The Hall–Kier alpha value is -2.51. The summed E-state index contributed by atoms with van der Waals surface area (Å²) in [7, 11) is 0. The van der Waals surface area contributed by atoms with Crippen LogP contribution >= 0.6 is 0 Å². The Morgan fingerprint density at radius 1 is 1.27 bits per heavy atom. The number of carbonyl (C=O) groups is 2. The van der Waals surface area contributed by atoms with E-state index in [2.05, 4.69) is 24.9 Å². The third kappa shape index (κ3) is 6.78. The maximum Gasteiger partial charge on any atom is 0.389 e. The van der Waals surface area contributed by atoms with Crippen molar-refractivity contribution in [2.24, 2.45) is 5.92 Å². The molecule has 1 aliphatic heterocycles. The molecule has 8 heteroatoms. The van der Waals surface area contributed by atoms with Crippen LogP contribution in [0, 0.1) is 5.92 Å². The van der Waals surface area contributed by atoms with E-state index in [-0.39, 0.29) is 31.1 Å². The molecule has 0 aromatic carbocycles. The van der Waals surface area contributed by atoms with Crippen molar-refractivity contribution in [3.63, 3.8) is 0 Å². The van der Waals surface area contributed by atoms with E-state index in [9.17, 15) is 27.9 Å². The average molecular weight is 426 g/mol. The van der Waals surface area contributed by atoms with Gasteiger partial charge in [-0.05, 0) is 44.9 Å². The van der Waals surface area contributed by atoms with Gasteiger partial charge in [-0.25, -0.2) is 0 Å². The molecule has 1 saturated carbocycles. The van der Waals surface area contributed by atoms with Crippen molar-refractivity contribution in [3.8, 4) is 0 Å². The van der Waals surface area contributed by atoms with Crippen LogP contribution in [0.2, 0.25) is 0 Å². The first-order valence-electron chi connectivity index (χ1n) is 10.2. The Kier molecular flexibility index (Phi) is 8.32. The molecule has 5 nitrogen and oxygen atoms in total. The Morgan fingerprint density at radius 2 is 1.93 bits per heavy atom. The summed E-state index contributed by atoms with van der Waals surface area (Å²) in [6.07, 6.45) is 5.41. The summed E-state index contributed by atoms with van der Waals surface area (Å²) in [6, 6.07) is -0.0556. The highest BCUT2D eigenvalue weighted by Gasteiger charge is 2.35. The second-order valence-electron chi connectivity index (χ2n) is 7.83. The van der Waals surface area contributed by atoms with Crippen molar-refractivity contribution in [2.45, 2.75) is 57.7 Å².